The van der Waals surface area contributed by atoms with Crippen molar-refractivity contribution in [2.24, 2.45) is 5.41 Å². The van der Waals surface area contributed by atoms with E-state index in [9.17, 15) is 14.7 Å². The lowest BCUT2D eigenvalue weighted by Gasteiger charge is -2.39. The number of aryl methyl sites for hydroxylation is 1. The van der Waals surface area contributed by atoms with E-state index in [0.29, 0.717) is 24.5 Å². The fraction of sp³-hybridized carbons (Fsp3) is 0.643. The van der Waals surface area contributed by atoms with Crippen molar-refractivity contribution in [1.82, 2.24) is 9.88 Å². The predicted octanol–water partition coefficient (Wildman–Crippen LogP) is 2.95. The third kappa shape index (κ3) is 3.53. The Hall–Kier alpha value is -1.63. The van der Waals surface area contributed by atoms with E-state index in [4.69, 9.17) is 0 Å². The summed E-state index contributed by atoms with van der Waals surface area (Å²) in [5, 5.41) is 12.9. The van der Waals surface area contributed by atoms with E-state index in [0.717, 1.165) is 17.7 Å². The Bertz CT molecular complexity index is 527. The standard InChI is InChI=1S/C14H21N3O3S/c1-3-5-14(11(18)19)6-4-7-17(9-14)13(20)16-12-15-8-10(2)21-12/h8H,3-7,9H2,1-2H3,(H,18,19)(H,15,16,20). The Balaban J connectivity index is 2.05. The van der Waals surface area contributed by atoms with Gasteiger partial charge in [-0.15, -0.1) is 11.3 Å². The minimum atomic E-state index is -0.802. The number of rotatable bonds is 4. The highest BCUT2D eigenvalue weighted by molar-refractivity contribution is 7.15. The molecule has 0 bridgehead atoms. The van der Waals surface area contributed by atoms with Gasteiger partial charge < -0.3 is 10.0 Å². The molecule has 2 rings (SSSR count). The second-order valence-corrected chi connectivity index (χ2v) is 6.80. The summed E-state index contributed by atoms with van der Waals surface area (Å²) in [5.74, 6) is -0.799. The molecule has 116 valence electrons. The first-order valence-corrected chi connectivity index (χ1v) is 8.00. The summed E-state index contributed by atoms with van der Waals surface area (Å²) < 4.78 is 0. The lowest BCUT2D eigenvalue weighted by Crippen LogP contribution is -2.51. The molecule has 0 radical (unpaired) electrons. The summed E-state index contributed by atoms with van der Waals surface area (Å²) >= 11 is 1.41. The molecule has 2 N–H and O–H groups in total. The summed E-state index contributed by atoms with van der Waals surface area (Å²) in [6.07, 6.45) is 4.46. The maximum Gasteiger partial charge on any atom is 0.323 e. The van der Waals surface area contributed by atoms with Gasteiger partial charge in [0.25, 0.3) is 0 Å². The molecule has 1 atom stereocenters. The molecule has 0 aromatic carbocycles. The number of hydrogen-bond acceptors (Lipinski definition) is 4. The van der Waals surface area contributed by atoms with Crippen molar-refractivity contribution >= 4 is 28.5 Å². The SMILES string of the molecule is CCCC1(C(=O)O)CCCN(C(=O)Nc2ncc(C)s2)C1. The van der Waals surface area contributed by atoms with Crippen LogP contribution in [0, 0.1) is 12.3 Å². The van der Waals surface area contributed by atoms with Gasteiger partial charge in [0.2, 0.25) is 0 Å². The van der Waals surface area contributed by atoms with Crippen LogP contribution in [0.25, 0.3) is 0 Å². The Morgan fingerprint density at radius 3 is 2.90 bits per heavy atom. The van der Waals surface area contributed by atoms with Gasteiger partial charge in [0.1, 0.15) is 0 Å². The van der Waals surface area contributed by atoms with Crippen molar-refractivity contribution in [1.29, 1.82) is 0 Å². The number of aliphatic carboxylic acids is 1. The lowest BCUT2D eigenvalue weighted by molar-refractivity contribution is -0.152. The van der Waals surface area contributed by atoms with Crippen LogP contribution in [0.2, 0.25) is 0 Å². The molecule has 2 heterocycles. The van der Waals surface area contributed by atoms with Gasteiger partial charge >= 0.3 is 12.0 Å². The minimum absolute atomic E-state index is 0.259. The zero-order valence-electron chi connectivity index (χ0n) is 12.4. The summed E-state index contributed by atoms with van der Waals surface area (Å²) in [5.41, 5.74) is -0.802. The zero-order valence-corrected chi connectivity index (χ0v) is 13.2. The first kappa shape index (κ1) is 15.8. The highest BCUT2D eigenvalue weighted by atomic mass is 32.1. The van der Waals surface area contributed by atoms with Crippen LogP contribution in [0.5, 0.6) is 0 Å². The number of hydrogen-bond donors (Lipinski definition) is 2. The van der Waals surface area contributed by atoms with Crippen LogP contribution in [-0.2, 0) is 4.79 Å². The van der Waals surface area contributed by atoms with Gasteiger partial charge in [-0.05, 0) is 26.2 Å². The summed E-state index contributed by atoms with van der Waals surface area (Å²) in [4.78, 5) is 30.6. The second kappa shape index (κ2) is 6.43. The summed E-state index contributed by atoms with van der Waals surface area (Å²) in [7, 11) is 0. The van der Waals surface area contributed by atoms with Crippen LogP contribution in [0.15, 0.2) is 6.20 Å². The third-order valence-electron chi connectivity index (χ3n) is 3.88. The van der Waals surface area contributed by atoms with Gasteiger partial charge in [0, 0.05) is 24.2 Å². The maximum atomic E-state index is 12.3. The van der Waals surface area contributed by atoms with Crippen molar-refractivity contribution in [3.8, 4) is 0 Å². The second-order valence-electron chi connectivity index (χ2n) is 5.57. The number of nitrogens with one attached hydrogen (secondary N) is 1. The number of amides is 2. The number of carbonyl (C=O) groups is 2. The van der Waals surface area contributed by atoms with E-state index in [-0.39, 0.29) is 12.6 Å². The van der Waals surface area contributed by atoms with E-state index < -0.39 is 11.4 Å². The highest BCUT2D eigenvalue weighted by Gasteiger charge is 2.42. The Labute approximate surface area is 128 Å². The van der Waals surface area contributed by atoms with Crippen LogP contribution >= 0.6 is 11.3 Å². The smallest absolute Gasteiger partial charge is 0.323 e. The molecule has 1 fully saturated rings. The molecule has 21 heavy (non-hydrogen) atoms. The van der Waals surface area contributed by atoms with Gasteiger partial charge in [-0.25, -0.2) is 9.78 Å². The highest BCUT2D eigenvalue weighted by Crippen LogP contribution is 2.35. The minimum Gasteiger partial charge on any atom is -0.481 e. The molecule has 0 aliphatic carbocycles. The Morgan fingerprint density at radius 1 is 1.57 bits per heavy atom. The van der Waals surface area contributed by atoms with E-state index >= 15 is 0 Å². The Morgan fingerprint density at radius 2 is 2.33 bits per heavy atom. The van der Waals surface area contributed by atoms with Crippen molar-refractivity contribution in [2.45, 2.75) is 39.5 Å². The summed E-state index contributed by atoms with van der Waals surface area (Å²) in [6, 6.07) is -0.259. The van der Waals surface area contributed by atoms with Gasteiger partial charge in [-0.1, -0.05) is 13.3 Å². The van der Waals surface area contributed by atoms with E-state index in [1.807, 2.05) is 13.8 Å². The molecule has 6 nitrogen and oxygen atoms in total. The van der Waals surface area contributed by atoms with Crippen molar-refractivity contribution in [3.05, 3.63) is 11.1 Å². The topological polar surface area (TPSA) is 82.5 Å². The van der Waals surface area contributed by atoms with E-state index in [1.165, 1.54) is 11.3 Å². The molecular weight excluding hydrogens is 290 g/mol. The molecule has 1 aromatic heterocycles. The average molecular weight is 311 g/mol. The number of urea groups is 1. The van der Waals surface area contributed by atoms with Crippen LogP contribution in [0.4, 0.5) is 9.93 Å². The number of carboxylic acid groups (broad SMARTS) is 1. The molecule has 1 saturated heterocycles. The fourth-order valence-electron chi connectivity index (χ4n) is 2.85. The number of nitrogens with zero attached hydrogens (tertiary/aromatic N) is 2. The largest absolute Gasteiger partial charge is 0.481 e. The molecule has 1 aliphatic heterocycles. The monoisotopic (exact) mass is 311 g/mol. The number of carbonyl (C=O) groups excluding carboxylic acids is 1. The van der Waals surface area contributed by atoms with Gasteiger partial charge in [-0.3, -0.25) is 10.1 Å². The molecule has 0 saturated carbocycles. The maximum absolute atomic E-state index is 12.3. The number of anilines is 1. The van der Waals surface area contributed by atoms with Gasteiger partial charge in [0.05, 0.1) is 5.41 Å². The molecular formula is C14H21N3O3S. The number of aromatic nitrogens is 1. The number of likely N-dealkylation sites (tertiary alicyclic amines) is 1. The molecule has 7 heteroatoms. The number of thiazole rings is 1. The average Bonchev–Trinajstić information content (AvgIpc) is 2.84. The molecule has 1 aromatic rings. The van der Waals surface area contributed by atoms with Crippen LogP contribution in [0.1, 0.15) is 37.5 Å². The van der Waals surface area contributed by atoms with Crippen molar-refractivity contribution in [2.75, 3.05) is 18.4 Å². The van der Waals surface area contributed by atoms with Crippen molar-refractivity contribution in [3.63, 3.8) is 0 Å². The quantitative estimate of drug-likeness (QED) is 0.895. The summed E-state index contributed by atoms with van der Waals surface area (Å²) in [6.45, 7) is 4.76. The normalized spacial score (nSPS) is 22.1. The van der Waals surface area contributed by atoms with Crippen LogP contribution < -0.4 is 5.32 Å². The van der Waals surface area contributed by atoms with Crippen LogP contribution in [-0.4, -0.2) is 40.1 Å². The van der Waals surface area contributed by atoms with E-state index in [1.54, 1.807) is 11.1 Å². The number of piperidine rings is 1. The van der Waals surface area contributed by atoms with Crippen LogP contribution in [0.3, 0.4) is 0 Å². The van der Waals surface area contributed by atoms with Gasteiger partial charge in [-0.2, -0.15) is 0 Å². The zero-order chi connectivity index (χ0) is 15.5. The first-order valence-electron chi connectivity index (χ1n) is 7.18. The molecule has 0 spiro atoms. The number of carboxylic acids is 1. The van der Waals surface area contributed by atoms with Gasteiger partial charge in [0.15, 0.2) is 5.13 Å². The molecule has 2 amide bonds. The lowest BCUT2D eigenvalue weighted by atomic mass is 9.76. The molecule has 1 unspecified atom stereocenters. The van der Waals surface area contributed by atoms with Crippen molar-refractivity contribution < 1.29 is 14.7 Å². The fourth-order valence-corrected chi connectivity index (χ4v) is 3.51. The molecule has 1 aliphatic rings. The third-order valence-corrected chi connectivity index (χ3v) is 4.71. The Kier molecular flexibility index (Phi) is 4.82. The first-order chi connectivity index (χ1) is 9.97. The predicted molar refractivity (Wildman–Crippen MR) is 81.7 cm³/mol. The van der Waals surface area contributed by atoms with E-state index in [2.05, 4.69) is 10.3 Å².